The molecule has 0 aliphatic carbocycles. The van der Waals surface area contributed by atoms with E-state index in [2.05, 4.69) is 5.32 Å². The standard InChI is InChI=1S/C22H19ClN2O5S/c23-16-5-7-17(8-6-16)30-18-9-11-19(12-10-18)31(28,29)25-14-13-15-3-1-2-4-20(15)21(25)24-22(26)27/h1-12,21,24H,13-14H2,(H,26,27). The molecule has 2 N–H and O–H groups in total. The van der Waals surface area contributed by atoms with Gasteiger partial charge in [0, 0.05) is 11.6 Å². The molecule has 9 heteroatoms. The van der Waals surface area contributed by atoms with Gasteiger partial charge in [-0.1, -0.05) is 35.9 Å². The maximum absolute atomic E-state index is 13.3. The number of carboxylic acid groups (broad SMARTS) is 1. The quantitative estimate of drug-likeness (QED) is 0.580. The molecule has 1 amide bonds. The second-order valence-corrected chi connectivity index (χ2v) is 9.27. The SMILES string of the molecule is O=C(O)NC1c2ccccc2CCN1S(=O)(=O)c1ccc(Oc2ccc(Cl)cc2)cc1. The molecular formula is C22H19ClN2O5S. The molecule has 3 aromatic carbocycles. The van der Waals surface area contributed by atoms with Gasteiger partial charge in [-0.3, -0.25) is 0 Å². The molecule has 1 heterocycles. The lowest BCUT2D eigenvalue weighted by Gasteiger charge is -2.36. The molecule has 0 aromatic heterocycles. The molecule has 0 saturated heterocycles. The van der Waals surface area contributed by atoms with E-state index in [1.165, 1.54) is 16.4 Å². The Bertz CT molecular complexity index is 1200. The number of halogens is 1. The van der Waals surface area contributed by atoms with Crippen LogP contribution < -0.4 is 10.1 Å². The zero-order valence-electron chi connectivity index (χ0n) is 16.2. The highest BCUT2D eigenvalue weighted by molar-refractivity contribution is 7.89. The summed E-state index contributed by atoms with van der Waals surface area (Å²) in [5.41, 5.74) is 1.54. The minimum Gasteiger partial charge on any atom is -0.465 e. The molecule has 7 nitrogen and oxygen atoms in total. The van der Waals surface area contributed by atoms with Crippen LogP contribution in [0.2, 0.25) is 5.02 Å². The number of nitrogens with one attached hydrogen (secondary N) is 1. The minimum atomic E-state index is -3.96. The largest absolute Gasteiger partial charge is 0.465 e. The van der Waals surface area contributed by atoms with Crippen molar-refractivity contribution in [3.63, 3.8) is 0 Å². The molecule has 1 unspecified atom stereocenters. The lowest BCUT2D eigenvalue weighted by atomic mass is 9.98. The molecule has 1 aliphatic rings. The maximum atomic E-state index is 13.3. The maximum Gasteiger partial charge on any atom is 0.406 e. The summed E-state index contributed by atoms with van der Waals surface area (Å²) >= 11 is 5.87. The van der Waals surface area contributed by atoms with Crippen LogP contribution in [0.3, 0.4) is 0 Å². The number of rotatable bonds is 5. The number of ether oxygens (including phenoxy) is 1. The fourth-order valence-electron chi connectivity index (χ4n) is 3.52. The van der Waals surface area contributed by atoms with Crippen molar-refractivity contribution in [3.8, 4) is 11.5 Å². The molecule has 0 bridgehead atoms. The summed E-state index contributed by atoms with van der Waals surface area (Å²) < 4.78 is 33.6. The van der Waals surface area contributed by atoms with Gasteiger partial charge in [-0.05, 0) is 66.1 Å². The van der Waals surface area contributed by atoms with Crippen molar-refractivity contribution in [3.05, 3.63) is 88.9 Å². The van der Waals surface area contributed by atoms with Gasteiger partial charge in [0.2, 0.25) is 10.0 Å². The van der Waals surface area contributed by atoms with E-state index in [0.29, 0.717) is 28.5 Å². The summed E-state index contributed by atoms with van der Waals surface area (Å²) in [6, 6.07) is 20.0. The summed E-state index contributed by atoms with van der Waals surface area (Å²) in [7, 11) is -3.96. The fraction of sp³-hybridized carbons (Fsp3) is 0.136. The Morgan fingerprint density at radius 2 is 1.61 bits per heavy atom. The van der Waals surface area contributed by atoms with E-state index in [1.54, 1.807) is 48.5 Å². The van der Waals surface area contributed by atoms with Crippen molar-refractivity contribution in [2.75, 3.05) is 6.54 Å². The summed E-state index contributed by atoms with van der Waals surface area (Å²) in [5, 5.41) is 12.2. The lowest BCUT2D eigenvalue weighted by Crippen LogP contribution is -2.47. The lowest BCUT2D eigenvalue weighted by molar-refractivity contribution is 0.173. The van der Waals surface area contributed by atoms with E-state index in [-0.39, 0.29) is 11.4 Å². The minimum absolute atomic E-state index is 0.0486. The second-order valence-electron chi connectivity index (χ2n) is 6.94. The van der Waals surface area contributed by atoms with Gasteiger partial charge in [-0.2, -0.15) is 4.31 Å². The molecule has 0 radical (unpaired) electrons. The monoisotopic (exact) mass is 458 g/mol. The van der Waals surface area contributed by atoms with Crippen molar-refractivity contribution in [2.45, 2.75) is 17.5 Å². The van der Waals surface area contributed by atoms with Crippen LogP contribution in [0.15, 0.2) is 77.7 Å². The summed E-state index contributed by atoms with van der Waals surface area (Å²) in [6.45, 7) is 0.160. The Morgan fingerprint density at radius 3 is 2.26 bits per heavy atom. The van der Waals surface area contributed by atoms with Crippen molar-refractivity contribution < 1.29 is 23.1 Å². The number of benzene rings is 3. The molecular weight excluding hydrogens is 440 g/mol. The van der Waals surface area contributed by atoms with Crippen LogP contribution in [0, 0.1) is 0 Å². The third-order valence-electron chi connectivity index (χ3n) is 4.98. The van der Waals surface area contributed by atoms with Crippen LogP contribution in [0.5, 0.6) is 11.5 Å². The summed E-state index contributed by atoms with van der Waals surface area (Å²) in [5.74, 6) is 1.03. The molecule has 3 aromatic rings. The predicted molar refractivity (Wildman–Crippen MR) is 116 cm³/mol. The topological polar surface area (TPSA) is 95.9 Å². The molecule has 0 spiro atoms. The molecule has 1 aliphatic heterocycles. The van der Waals surface area contributed by atoms with Gasteiger partial charge >= 0.3 is 6.09 Å². The number of hydrogen-bond acceptors (Lipinski definition) is 4. The second kappa shape index (κ2) is 8.58. The molecule has 31 heavy (non-hydrogen) atoms. The summed E-state index contributed by atoms with van der Waals surface area (Å²) in [6.07, 6.45) is -1.81. The van der Waals surface area contributed by atoms with Crippen LogP contribution in [-0.4, -0.2) is 30.5 Å². The predicted octanol–water partition coefficient (Wildman–Crippen LogP) is 4.65. The average Bonchev–Trinajstić information content (AvgIpc) is 2.75. The first kappa shape index (κ1) is 21.2. The van der Waals surface area contributed by atoms with Gasteiger partial charge in [-0.15, -0.1) is 0 Å². The number of amides is 1. The van der Waals surface area contributed by atoms with E-state index in [9.17, 15) is 18.3 Å². The van der Waals surface area contributed by atoms with Crippen molar-refractivity contribution in [2.24, 2.45) is 0 Å². The number of fused-ring (bicyclic) bond motifs is 1. The Morgan fingerprint density at radius 1 is 1.00 bits per heavy atom. The summed E-state index contributed by atoms with van der Waals surface area (Å²) in [4.78, 5) is 11.4. The van der Waals surface area contributed by atoms with Gasteiger partial charge < -0.3 is 15.2 Å². The van der Waals surface area contributed by atoms with Crippen LogP contribution in [0.1, 0.15) is 17.3 Å². The third kappa shape index (κ3) is 4.51. The molecule has 0 saturated carbocycles. The van der Waals surface area contributed by atoms with Gasteiger partial charge in [-0.25, -0.2) is 13.2 Å². The number of hydrogen-bond donors (Lipinski definition) is 2. The van der Waals surface area contributed by atoms with Crippen LogP contribution in [0.25, 0.3) is 0 Å². The highest BCUT2D eigenvalue weighted by atomic mass is 35.5. The van der Waals surface area contributed by atoms with Gasteiger partial charge in [0.05, 0.1) is 4.90 Å². The van der Waals surface area contributed by atoms with Gasteiger partial charge in [0.1, 0.15) is 17.7 Å². The normalized spacial score (nSPS) is 16.4. The van der Waals surface area contributed by atoms with E-state index in [0.717, 1.165) is 5.56 Å². The van der Waals surface area contributed by atoms with Crippen LogP contribution in [-0.2, 0) is 16.4 Å². The molecule has 1 atom stereocenters. The molecule has 0 fully saturated rings. The average molecular weight is 459 g/mol. The smallest absolute Gasteiger partial charge is 0.406 e. The van der Waals surface area contributed by atoms with Crippen molar-refractivity contribution in [1.82, 2.24) is 9.62 Å². The first-order valence-electron chi connectivity index (χ1n) is 9.47. The zero-order chi connectivity index (χ0) is 22.0. The first-order chi connectivity index (χ1) is 14.8. The van der Waals surface area contributed by atoms with Crippen LogP contribution >= 0.6 is 11.6 Å². The molecule has 160 valence electrons. The van der Waals surface area contributed by atoms with Gasteiger partial charge in [0.15, 0.2) is 0 Å². The van der Waals surface area contributed by atoms with Gasteiger partial charge in [0.25, 0.3) is 0 Å². The van der Waals surface area contributed by atoms with Crippen LogP contribution in [0.4, 0.5) is 4.79 Å². The number of carbonyl (C=O) groups is 1. The Kier molecular flexibility index (Phi) is 5.86. The highest BCUT2D eigenvalue weighted by Gasteiger charge is 2.37. The van der Waals surface area contributed by atoms with E-state index in [4.69, 9.17) is 16.3 Å². The molecule has 4 rings (SSSR count). The van der Waals surface area contributed by atoms with E-state index >= 15 is 0 Å². The Balaban J connectivity index is 1.61. The Labute approximate surface area is 184 Å². The van der Waals surface area contributed by atoms with Crippen molar-refractivity contribution in [1.29, 1.82) is 0 Å². The van der Waals surface area contributed by atoms with E-state index < -0.39 is 22.3 Å². The Hall–Kier alpha value is -3.07. The fourth-order valence-corrected chi connectivity index (χ4v) is 5.18. The zero-order valence-corrected chi connectivity index (χ0v) is 17.8. The highest BCUT2D eigenvalue weighted by Crippen LogP contribution is 2.33. The third-order valence-corrected chi connectivity index (χ3v) is 7.11. The number of sulfonamides is 1. The first-order valence-corrected chi connectivity index (χ1v) is 11.3. The number of nitrogens with zero attached hydrogens (tertiary/aromatic N) is 1. The van der Waals surface area contributed by atoms with Crippen molar-refractivity contribution >= 4 is 27.7 Å². The van der Waals surface area contributed by atoms with E-state index in [1.807, 2.05) is 12.1 Å².